The van der Waals surface area contributed by atoms with Gasteiger partial charge in [-0.1, -0.05) is 26.0 Å². The van der Waals surface area contributed by atoms with Crippen LogP contribution >= 0.6 is 0 Å². The number of hydrogen-bond acceptors (Lipinski definition) is 5. The summed E-state index contributed by atoms with van der Waals surface area (Å²) < 4.78 is 4.83. The lowest BCUT2D eigenvalue weighted by molar-refractivity contribution is -0.384. The van der Waals surface area contributed by atoms with Gasteiger partial charge in [0.15, 0.2) is 0 Å². The summed E-state index contributed by atoms with van der Waals surface area (Å²) >= 11 is 0. The van der Waals surface area contributed by atoms with Crippen LogP contribution in [-0.2, 0) is 20.9 Å². The van der Waals surface area contributed by atoms with Crippen LogP contribution in [0.1, 0.15) is 26.3 Å². The van der Waals surface area contributed by atoms with E-state index in [0.717, 1.165) is 0 Å². The third-order valence-corrected chi connectivity index (χ3v) is 2.53. The lowest BCUT2D eigenvalue weighted by Crippen LogP contribution is -2.20. The van der Waals surface area contributed by atoms with Crippen molar-refractivity contribution in [3.63, 3.8) is 0 Å². The Balaban J connectivity index is 3.15. The van der Waals surface area contributed by atoms with E-state index in [1.54, 1.807) is 19.9 Å². The fourth-order valence-electron chi connectivity index (χ4n) is 1.45. The molecule has 1 aromatic carbocycles. The topological polar surface area (TPSA) is 98.5 Å². The molecule has 1 amide bonds. The van der Waals surface area contributed by atoms with Gasteiger partial charge in [0.05, 0.1) is 4.92 Å². The standard InChI is InChI=1S/C13H16N2O5/c1-8(2)13(17)14-12-10(7-20-9(3)16)5-4-6-11(12)15(18)19/h4-6,8H,7H2,1-3H3,(H,14,17). The van der Waals surface area contributed by atoms with Gasteiger partial charge in [-0.15, -0.1) is 0 Å². The Morgan fingerprint density at radius 3 is 2.55 bits per heavy atom. The maximum atomic E-state index is 11.7. The van der Waals surface area contributed by atoms with Crippen molar-refractivity contribution >= 4 is 23.3 Å². The van der Waals surface area contributed by atoms with Gasteiger partial charge >= 0.3 is 5.97 Å². The number of carbonyl (C=O) groups excluding carboxylic acids is 2. The van der Waals surface area contributed by atoms with Crippen molar-refractivity contribution in [1.82, 2.24) is 0 Å². The van der Waals surface area contributed by atoms with Gasteiger partial charge in [0.25, 0.3) is 5.69 Å². The Morgan fingerprint density at radius 2 is 2.05 bits per heavy atom. The van der Waals surface area contributed by atoms with Crippen molar-refractivity contribution in [2.24, 2.45) is 5.92 Å². The highest BCUT2D eigenvalue weighted by molar-refractivity contribution is 5.95. The Bertz CT molecular complexity index is 540. The van der Waals surface area contributed by atoms with E-state index in [1.807, 2.05) is 0 Å². The highest BCUT2D eigenvalue weighted by Gasteiger charge is 2.21. The van der Waals surface area contributed by atoms with Crippen molar-refractivity contribution in [1.29, 1.82) is 0 Å². The maximum absolute atomic E-state index is 11.7. The maximum Gasteiger partial charge on any atom is 0.302 e. The van der Waals surface area contributed by atoms with Crippen molar-refractivity contribution in [3.05, 3.63) is 33.9 Å². The van der Waals surface area contributed by atoms with Crippen LogP contribution in [0.2, 0.25) is 0 Å². The molecule has 0 spiro atoms. The molecule has 0 unspecified atom stereocenters. The Labute approximate surface area is 116 Å². The van der Waals surface area contributed by atoms with E-state index in [9.17, 15) is 19.7 Å². The zero-order chi connectivity index (χ0) is 15.3. The third-order valence-electron chi connectivity index (χ3n) is 2.53. The predicted octanol–water partition coefficient (Wildman–Crippen LogP) is 2.25. The molecule has 0 aliphatic rings. The van der Waals surface area contributed by atoms with Gasteiger partial charge in [0.1, 0.15) is 12.3 Å². The largest absolute Gasteiger partial charge is 0.461 e. The predicted molar refractivity (Wildman–Crippen MR) is 72.0 cm³/mol. The molecular formula is C13H16N2O5. The molecule has 0 aliphatic heterocycles. The quantitative estimate of drug-likeness (QED) is 0.506. The normalized spacial score (nSPS) is 10.2. The smallest absolute Gasteiger partial charge is 0.302 e. The zero-order valence-electron chi connectivity index (χ0n) is 11.5. The molecule has 0 saturated heterocycles. The molecule has 0 radical (unpaired) electrons. The number of carbonyl (C=O) groups is 2. The number of nitro groups is 1. The second kappa shape index (κ2) is 6.65. The Morgan fingerprint density at radius 1 is 1.40 bits per heavy atom. The molecule has 0 aliphatic carbocycles. The number of nitro benzene ring substituents is 1. The van der Waals surface area contributed by atoms with E-state index in [0.29, 0.717) is 5.56 Å². The van der Waals surface area contributed by atoms with Crippen LogP contribution < -0.4 is 5.32 Å². The first kappa shape index (κ1) is 15.6. The summed E-state index contributed by atoms with van der Waals surface area (Å²) in [4.78, 5) is 33.0. The number of amides is 1. The van der Waals surface area contributed by atoms with E-state index in [-0.39, 0.29) is 29.8 Å². The van der Waals surface area contributed by atoms with Gasteiger partial charge in [-0.3, -0.25) is 19.7 Å². The minimum Gasteiger partial charge on any atom is -0.461 e. The number of ether oxygens (including phenoxy) is 1. The summed E-state index contributed by atoms with van der Waals surface area (Å²) in [6.45, 7) is 4.46. The lowest BCUT2D eigenvalue weighted by Gasteiger charge is -2.12. The number of benzene rings is 1. The monoisotopic (exact) mass is 280 g/mol. The molecule has 0 bridgehead atoms. The average Bonchev–Trinajstić information content (AvgIpc) is 2.36. The molecule has 1 aromatic rings. The molecule has 0 saturated carbocycles. The molecule has 0 fully saturated rings. The first-order valence-electron chi connectivity index (χ1n) is 6.03. The minimum atomic E-state index is -0.590. The summed E-state index contributed by atoms with van der Waals surface area (Å²) in [7, 11) is 0. The molecule has 20 heavy (non-hydrogen) atoms. The van der Waals surface area contributed by atoms with Gasteiger partial charge in [0, 0.05) is 24.5 Å². The molecule has 0 atom stereocenters. The van der Waals surface area contributed by atoms with Crippen molar-refractivity contribution in [2.45, 2.75) is 27.4 Å². The molecular weight excluding hydrogens is 264 g/mol. The van der Waals surface area contributed by atoms with Gasteiger partial charge in [0.2, 0.25) is 5.91 Å². The van der Waals surface area contributed by atoms with Crippen LogP contribution in [-0.4, -0.2) is 16.8 Å². The Hall–Kier alpha value is -2.44. The van der Waals surface area contributed by atoms with E-state index >= 15 is 0 Å². The number of para-hydroxylation sites is 1. The van der Waals surface area contributed by atoms with Crippen LogP contribution in [0.15, 0.2) is 18.2 Å². The van der Waals surface area contributed by atoms with Crippen LogP contribution in [0.25, 0.3) is 0 Å². The van der Waals surface area contributed by atoms with Crippen molar-refractivity contribution < 1.29 is 19.2 Å². The number of hydrogen-bond donors (Lipinski definition) is 1. The van der Waals surface area contributed by atoms with Crippen LogP contribution in [0, 0.1) is 16.0 Å². The lowest BCUT2D eigenvalue weighted by atomic mass is 10.1. The number of nitrogens with one attached hydrogen (secondary N) is 1. The SMILES string of the molecule is CC(=O)OCc1cccc([N+](=O)[O-])c1NC(=O)C(C)C. The molecule has 1 rings (SSSR count). The molecule has 7 nitrogen and oxygen atoms in total. The summed E-state index contributed by atoms with van der Waals surface area (Å²) in [5.41, 5.74) is 0.213. The summed E-state index contributed by atoms with van der Waals surface area (Å²) in [5, 5.41) is 13.5. The number of rotatable bonds is 5. The molecule has 0 heterocycles. The van der Waals surface area contributed by atoms with Crippen molar-refractivity contribution in [2.75, 3.05) is 5.32 Å². The third kappa shape index (κ3) is 4.04. The highest BCUT2D eigenvalue weighted by Crippen LogP contribution is 2.29. The minimum absolute atomic E-state index is 0.0671. The molecule has 7 heteroatoms. The van der Waals surface area contributed by atoms with Gasteiger partial charge in [-0.25, -0.2) is 0 Å². The number of nitrogens with zero attached hydrogens (tertiary/aromatic N) is 1. The second-order valence-corrected chi connectivity index (χ2v) is 4.49. The number of esters is 1. The van der Waals surface area contributed by atoms with E-state index in [1.165, 1.54) is 19.1 Å². The Kier molecular flexibility index (Phi) is 5.19. The van der Waals surface area contributed by atoms with Gasteiger partial charge in [-0.2, -0.15) is 0 Å². The van der Waals surface area contributed by atoms with E-state index in [4.69, 9.17) is 4.74 Å². The first-order chi connectivity index (χ1) is 9.32. The summed E-state index contributed by atoms with van der Waals surface area (Å²) in [5.74, 6) is -1.17. The molecule has 108 valence electrons. The fraction of sp³-hybridized carbons (Fsp3) is 0.385. The number of anilines is 1. The van der Waals surface area contributed by atoms with E-state index in [2.05, 4.69) is 5.32 Å². The van der Waals surface area contributed by atoms with Crippen LogP contribution in [0.3, 0.4) is 0 Å². The van der Waals surface area contributed by atoms with Crippen LogP contribution in [0.4, 0.5) is 11.4 Å². The van der Waals surface area contributed by atoms with E-state index < -0.39 is 10.9 Å². The van der Waals surface area contributed by atoms with Gasteiger partial charge in [-0.05, 0) is 0 Å². The average molecular weight is 280 g/mol. The second-order valence-electron chi connectivity index (χ2n) is 4.49. The summed E-state index contributed by atoms with van der Waals surface area (Å²) in [6.07, 6.45) is 0. The molecule has 0 aromatic heterocycles. The summed E-state index contributed by atoms with van der Waals surface area (Å²) in [6, 6.07) is 4.32. The fourth-order valence-corrected chi connectivity index (χ4v) is 1.45. The molecule has 1 N–H and O–H groups in total. The van der Waals surface area contributed by atoms with Crippen molar-refractivity contribution in [3.8, 4) is 0 Å². The highest BCUT2D eigenvalue weighted by atomic mass is 16.6. The zero-order valence-corrected chi connectivity index (χ0v) is 11.5. The first-order valence-corrected chi connectivity index (χ1v) is 6.03. The van der Waals surface area contributed by atoms with Gasteiger partial charge < -0.3 is 10.1 Å². The van der Waals surface area contributed by atoms with Crippen LogP contribution in [0.5, 0.6) is 0 Å².